The van der Waals surface area contributed by atoms with Crippen molar-refractivity contribution in [2.75, 3.05) is 0 Å². The summed E-state index contributed by atoms with van der Waals surface area (Å²) in [4.78, 5) is 0. The fraction of sp³-hybridized carbons (Fsp3) is 0.529. The topological polar surface area (TPSA) is 0 Å². The maximum absolute atomic E-state index is 13.1. The van der Waals surface area contributed by atoms with Gasteiger partial charge in [-0.2, -0.15) is 0 Å². The molecule has 98 valence electrons. The molecule has 0 radical (unpaired) electrons. The van der Waals surface area contributed by atoms with Crippen LogP contribution in [0, 0.1) is 0 Å². The Balaban J connectivity index is 1.95. The molecule has 0 unspecified atom stereocenters. The van der Waals surface area contributed by atoms with E-state index in [-0.39, 0.29) is 0 Å². The zero-order valence-electron chi connectivity index (χ0n) is 11.2. The van der Waals surface area contributed by atoms with E-state index in [2.05, 4.69) is 43.3 Å². The Morgan fingerprint density at radius 3 is 2.39 bits per heavy atom. The lowest BCUT2D eigenvalue weighted by Crippen LogP contribution is -2.13. The summed E-state index contributed by atoms with van der Waals surface area (Å²) < 4.78 is 13.1. The van der Waals surface area contributed by atoms with Gasteiger partial charge in [0.15, 0.2) is 0 Å². The second kappa shape index (κ2) is 6.72. The van der Waals surface area contributed by atoms with Gasteiger partial charge in [-0.1, -0.05) is 49.8 Å². The molecule has 0 aliphatic heterocycles. The van der Waals surface area contributed by atoms with E-state index in [0.717, 1.165) is 32.1 Å². The maximum atomic E-state index is 13.1. The van der Waals surface area contributed by atoms with E-state index in [1.807, 2.05) is 0 Å². The number of allylic oxidation sites excluding steroid dienone is 1. The molecule has 1 heteroatoms. The molecule has 1 aliphatic carbocycles. The van der Waals surface area contributed by atoms with Gasteiger partial charge in [0.05, 0.1) is 0 Å². The first kappa shape index (κ1) is 13.3. The van der Waals surface area contributed by atoms with Crippen LogP contribution in [-0.4, -0.2) is 6.17 Å². The zero-order valence-corrected chi connectivity index (χ0v) is 11.2. The Labute approximate surface area is 110 Å². The van der Waals surface area contributed by atoms with Crippen LogP contribution < -0.4 is 0 Å². The number of rotatable bonds is 4. The highest BCUT2D eigenvalue weighted by Gasteiger charge is 2.21. The van der Waals surface area contributed by atoms with Gasteiger partial charge in [0.25, 0.3) is 0 Å². The molecule has 0 bridgehead atoms. The van der Waals surface area contributed by atoms with E-state index in [1.54, 1.807) is 0 Å². The molecule has 0 aromatic heterocycles. The standard InChI is InChI=1S/C17H23F/c1-2-3-4-5-14-6-8-15(9-7-14)16-10-12-17(18)13-11-16/h4-9,16-17H,2-3,10-13H2,1H3/b5-4+. The van der Waals surface area contributed by atoms with Crippen molar-refractivity contribution < 1.29 is 4.39 Å². The number of halogens is 1. The van der Waals surface area contributed by atoms with Gasteiger partial charge in [-0.15, -0.1) is 0 Å². The van der Waals surface area contributed by atoms with Crippen LogP contribution in [0.1, 0.15) is 62.5 Å². The van der Waals surface area contributed by atoms with Gasteiger partial charge in [-0.3, -0.25) is 0 Å². The van der Waals surface area contributed by atoms with Crippen molar-refractivity contribution >= 4 is 6.08 Å². The summed E-state index contributed by atoms with van der Waals surface area (Å²) in [5, 5.41) is 0. The zero-order chi connectivity index (χ0) is 12.8. The third kappa shape index (κ3) is 3.69. The highest BCUT2D eigenvalue weighted by molar-refractivity contribution is 5.49. The average Bonchev–Trinajstić information content (AvgIpc) is 2.41. The fourth-order valence-corrected chi connectivity index (χ4v) is 2.65. The second-order valence-electron chi connectivity index (χ2n) is 5.31. The molecule has 0 atom stereocenters. The van der Waals surface area contributed by atoms with E-state index < -0.39 is 6.17 Å². The van der Waals surface area contributed by atoms with Crippen LogP contribution in [-0.2, 0) is 0 Å². The molecule has 1 aromatic rings. The van der Waals surface area contributed by atoms with Crippen LogP contribution in [0.15, 0.2) is 30.3 Å². The SMILES string of the molecule is CCC/C=C/c1ccc(C2CCC(F)CC2)cc1. The molecular formula is C17H23F. The predicted octanol–water partition coefficient (Wildman–Crippen LogP) is 5.50. The number of hydrogen-bond donors (Lipinski definition) is 0. The maximum Gasteiger partial charge on any atom is 0.100 e. The summed E-state index contributed by atoms with van der Waals surface area (Å²) >= 11 is 0. The van der Waals surface area contributed by atoms with Crippen LogP contribution in [0.5, 0.6) is 0 Å². The molecule has 18 heavy (non-hydrogen) atoms. The highest BCUT2D eigenvalue weighted by Crippen LogP contribution is 2.34. The monoisotopic (exact) mass is 246 g/mol. The third-order valence-electron chi connectivity index (χ3n) is 3.83. The van der Waals surface area contributed by atoms with Crippen molar-refractivity contribution in [3.05, 3.63) is 41.5 Å². The number of alkyl halides is 1. The van der Waals surface area contributed by atoms with Crippen molar-refractivity contribution in [1.29, 1.82) is 0 Å². The van der Waals surface area contributed by atoms with Gasteiger partial charge >= 0.3 is 0 Å². The minimum atomic E-state index is -0.558. The normalized spacial score (nSPS) is 24.6. The molecule has 1 saturated carbocycles. The van der Waals surface area contributed by atoms with Crippen LogP contribution in [0.4, 0.5) is 4.39 Å². The van der Waals surface area contributed by atoms with Gasteiger partial charge < -0.3 is 0 Å². The van der Waals surface area contributed by atoms with Gasteiger partial charge in [-0.25, -0.2) is 4.39 Å². The molecule has 1 fully saturated rings. The summed E-state index contributed by atoms with van der Waals surface area (Å²) in [6, 6.07) is 8.80. The molecule has 0 N–H and O–H groups in total. The van der Waals surface area contributed by atoms with Crippen LogP contribution >= 0.6 is 0 Å². The van der Waals surface area contributed by atoms with Crippen LogP contribution in [0.3, 0.4) is 0 Å². The summed E-state index contributed by atoms with van der Waals surface area (Å²) in [7, 11) is 0. The van der Waals surface area contributed by atoms with Crippen molar-refractivity contribution in [3.8, 4) is 0 Å². The first-order valence-electron chi connectivity index (χ1n) is 7.20. The quantitative estimate of drug-likeness (QED) is 0.658. The average molecular weight is 246 g/mol. The van der Waals surface area contributed by atoms with E-state index >= 15 is 0 Å². The Kier molecular flexibility index (Phi) is 4.98. The number of benzene rings is 1. The molecule has 0 spiro atoms. The predicted molar refractivity (Wildman–Crippen MR) is 76.5 cm³/mol. The first-order valence-corrected chi connectivity index (χ1v) is 7.20. The second-order valence-corrected chi connectivity index (χ2v) is 5.31. The Morgan fingerprint density at radius 2 is 1.78 bits per heavy atom. The third-order valence-corrected chi connectivity index (χ3v) is 3.83. The van der Waals surface area contributed by atoms with Crippen LogP contribution in [0.25, 0.3) is 6.08 Å². The molecule has 1 aliphatic rings. The molecule has 0 heterocycles. The van der Waals surface area contributed by atoms with Crippen molar-refractivity contribution in [1.82, 2.24) is 0 Å². The Morgan fingerprint density at radius 1 is 1.11 bits per heavy atom. The van der Waals surface area contributed by atoms with Crippen LogP contribution in [0.2, 0.25) is 0 Å². The molecule has 0 saturated heterocycles. The van der Waals surface area contributed by atoms with Crippen molar-refractivity contribution in [2.45, 2.75) is 57.5 Å². The van der Waals surface area contributed by atoms with Crippen molar-refractivity contribution in [2.24, 2.45) is 0 Å². The van der Waals surface area contributed by atoms with E-state index in [9.17, 15) is 4.39 Å². The van der Waals surface area contributed by atoms with E-state index in [0.29, 0.717) is 5.92 Å². The Hall–Kier alpha value is -1.11. The largest absolute Gasteiger partial charge is 0.247 e. The van der Waals surface area contributed by atoms with Crippen molar-refractivity contribution in [3.63, 3.8) is 0 Å². The summed E-state index contributed by atoms with van der Waals surface area (Å²) in [5.74, 6) is 0.575. The molecular weight excluding hydrogens is 223 g/mol. The smallest absolute Gasteiger partial charge is 0.100 e. The molecule has 1 aromatic carbocycles. The fourth-order valence-electron chi connectivity index (χ4n) is 2.65. The summed E-state index contributed by atoms with van der Waals surface area (Å²) in [6.07, 6.45) is 9.68. The summed E-state index contributed by atoms with van der Waals surface area (Å²) in [6.45, 7) is 2.19. The highest BCUT2D eigenvalue weighted by atomic mass is 19.1. The lowest BCUT2D eigenvalue weighted by molar-refractivity contribution is 0.235. The lowest BCUT2D eigenvalue weighted by atomic mass is 9.83. The number of unbranched alkanes of at least 4 members (excludes halogenated alkanes) is 1. The Bertz CT molecular complexity index is 369. The molecule has 0 amide bonds. The van der Waals surface area contributed by atoms with E-state index in [1.165, 1.54) is 17.5 Å². The van der Waals surface area contributed by atoms with Gasteiger partial charge in [0.1, 0.15) is 6.17 Å². The van der Waals surface area contributed by atoms with Gasteiger partial charge in [-0.05, 0) is 49.1 Å². The van der Waals surface area contributed by atoms with E-state index in [4.69, 9.17) is 0 Å². The van der Waals surface area contributed by atoms with Gasteiger partial charge in [0, 0.05) is 0 Å². The first-order chi connectivity index (χ1) is 8.79. The van der Waals surface area contributed by atoms with Gasteiger partial charge in [0.2, 0.25) is 0 Å². The molecule has 2 rings (SSSR count). The molecule has 0 nitrogen and oxygen atoms in total. The minimum Gasteiger partial charge on any atom is -0.247 e. The number of hydrogen-bond acceptors (Lipinski definition) is 0. The summed E-state index contributed by atoms with van der Waals surface area (Å²) in [5.41, 5.74) is 2.65. The lowest BCUT2D eigenvalue weighted by Gasteiger charge is -2.24. The minimum absolute atomic E-state index is 0.558.